The van der Waals surface area contributed by atoms with Gasteiger partial charge in [-0.05, 0) is 29.5 Å². The van der Waals surface area contributed by atoms with Gasteiger partial charge in [0, 0.05) is 5.56 Å². The molecule has 0 aliphatic heterocycles. The van der Waals surface area contributed by atoms with Crippen LogP contribution in [0.3, 0.4) is 0 Å². The third-order valence-electron chi connectivity index (χ3n) is 3.22. The standard InChI is InChI=1S/C15H20N2OS/c1-9-5-6-10(15(2,3)4)7-11(9)13-12(8-18)19-14(16)17-13/h5-7,18H,8H2,1-4H3,(H2,16,17). The van der Waals surface area contributed by atoms with E-state index >= 15 is 0 Å². The zero-order chi connectivity index (χ0) is 14.2. The molecule has 4 heteroatoms. The number of hydrogen-bond acceptors (Lipinski definition) is 4. The molecule has 0 amide bonds. The van der Waals surface area contributed by atoms with E-state index in [1.807, 2.05) is 0 Å². The Morgan fingerprint density at radius 3 is 2.58 bits per heavy atom. The van der Waals surface area contributed by atoms with Gasteiger partial charge in [0.25, 0.3) is 0 Å². The first-order chi connectivity index (χ1) is 8.82. The smallest absolute Gasteiger partial charge is 0.180 e. The van der Waals surface area contributed by atoms with Gasteiger partial charge < -0.3 is 10.8 Å². The van der Waals surface area contributed by atoms with E-state index in [0.717, 1.165) is 21.7 Å². The van der Waals surface area contributed by atoms with Crippen LogP contribution < -0.4 is 5.73 Å². The quantitative estimate of drug-likeness (QED) is 0.882. The van der Waals surface area contributed by atoms with Crippen molar-refractivity contribution in [3.05, 3.63) is 34.2 Å². The molecular formula is C15H20N2OS. The molecule has 0 aliphatic rings. The minimum absolute atomic E-state index is 0.0244. The lowest BCUT2D eigenvalue weighted by Crippen LogP contribution is -2.11. The van der Waals surface area contributed by atoms with Crippen LogP contribution in [0.1, 0.15) is 36.8 Å². The van der Waals surface area contributed by atoms with Crippen molar-refractivity contribution < 1.29 is 5.11 Å². The second-order valence-corrected chi connectivity index (χ2v) is 6.88. The van der Waals surface area contributed by atoms with Gasteiger partial charge in [0.1, 0.15) is 0 Å². The zero-order valence-electron chi connectivity index (χ0n) is 11.8. The normalized spacial score (nSPS) is 11.8. The lowest BCUT2D eigenvalue weighted by molar-refractivity contribution is 0.286. The lowest BCUT2D eigenvalue weighted by atomic mass is 9.85. The van der Waals surface area contributed by atoms with Crippen LogP contribution in [0.4, 0.5) is 5.13 Å². The number of nitrogen functional groups attached to an aromatic ring is 1. The third-order valence-corrected chi connectivity index (χ3v) is 4.09. The van der Waals surface area contributed by atoms with Gasteiger partial charge >= 0.3 is 0 Å². The average molecular weight is 276 g/mol. The predicted molar refractivity (Wildman–Crippen MR) is 81.3 cm³/mol. The molecule has 0 saturated heterocycles. The number of benzene rings is 1. The first-order valence-electron chi connectivity index (χ1n) is 6.30. The van der Waals surface area contributed by atoms with Crippen LogP contribution in [0, 0.1) is 6.92 Å². The average Bonchev–Trinajstić information content (AvgIpc) is 2.69. The summed E-state index contributed by atoms with van der Waals surface area (Å²) in [5, 5.41) is 9.93. The second-order valence-electron chi connectivity index (χ2n) is 5.76. The van der Waals surface area contributed by atoms with E-state index in [-0.39, 0.29) is 12.0 Å². The molecule has 0 bridgehead atoms. The molecule has 0 fully saturated rings. The van der Waals surface area contributed by atoms with E-state index in [4.69, 9.17) is 5.73 Å². The molecule has 0 saturated carbocycles. The van der Waals surface area contributed by atoms with E-state index in [2.05, 4.69) is 50.9 Å². The Morgan fingerprint density at radius 2 is 2.00 bits per heavy atom. The van der Waals surface area contributed by atoms with Gasteiger partial charge in [-0.2, -0.15) is 0 Å². The molecule has 3 nitrogen and oxygen atoms in total. The molecule has 0 spiro atoms. The topological polar surface area (TPSA) is 59.1 Å². The summed E-state index contributed by atoms with van der Waals surface area (Å²) < 4.78 is 0. The van der Waals surface area contributed by atoms with E-state index < -0.39 is 0 Å². The van der Waals surface area contributed by atoms with Crippen LogP contribution in [0.5, 0.6) is 0 Å². The number of thiazole rings is 1. The number of hydrogen-bond donors (Lipinski definition) is 2. The Kier molecular flexibility index (Phi) is 3.65. The highest BCUT2D eigenvalue weighted by molar-refractivity contribution is 7.15. The summed E-state index contributed by atoms with van der Waals surface area (Å²) in [5.74, 6) is 0. The summed E-state index contributed by atoms with van der Waals surface area (Å²) in [7, 11) is 0. The van der Waals surface area contributed by atoms with Gasteiger partial charge in [-0.25, -0.2) is 4.98 Å². The van der Waals surface area contributed by atoms with Crippen LogP contribution in [0.15, 0.2) is 18.2 Å². The fourth-order valence-corrected chi connectivity index (χ4v) is 2.74. The van der Waals surface area contributed by atoms with Crippen LogP contribution >= 0.6 is 11.3 Å². The molecule has 102 valence electrons. The highest BCUT2D eigenvalue weighted by Gasteiger charge is 2.18. The minimum atomic E-state index is -0.0244. The first-order valence-corrected chi connectivity index (χ1v) is 7.12. The molecule has 0 unspecified atom stereocenters. The Balaban J connectivity index is 2.61. The molecule has 2 rings (SSSR count). The van der Waals surface area contributed by atoms with Gasteiger partial charge in [0.15, 0.2) is 5.13 Å². The summed E-state index contributed by atoms with van der Waals surface area (Å²) >= 11 is 1.35. The first kappa shape index (κ1) is 14.0. The number of nitrogens with two attached hydrogens (primary N) is 1. The van der Waals surface area contributed by atoms with Crippen molar-refractivity contribution in [2.45, 2.75) is 39.7 Å². The van der Waals surface area contributed by atoms with Crippen molar-refractivity contribution in [1.82, 2.24) is 4.98 Å². The molecule has 19 heavy (non-hydrogen) atoms. The maximum atomic E-state index is 9.43. The van der Waals surface area contributed by atoms with Crippen LogP contribution in [-0.4, -0.2) is 10.1 Å². The van der Waals surface area contributed by atoms with Crippen molar-refractivity contribution in [1.29, 1.82) is 0 Å². The summed E-state index contributed by atoms with van der Waals surface area (Å²) in [6, 6.07) is 6.41. The molecular weight excluding hydrogens is 256 g/mol. The number of aryl methyl sites for hydroxylation is 1. The summed E-state index contributed by atoms with van der Waals surface area (Å²) in [5.41, 5.74) is 10.1. The molecule has 2 aromatic rings. The molecule has 1 heterocycles. The van der Waals surface area contributed by atoms with Gasteiger partial charge in [-0.3, -0.25) is 0 Å². The second kappa shape index (κ2) is 4.94. The number of rotatable bonds is 2. The number of aliphatic hydroxyl groups is 1. The van der Waals surface area contributed by atoms with Crippen molar-refractivity contribution in [2.24, 2.45) is 0 Å². The van der Waals surface area contributed by atoms with Gasteiger partial charge in [-0.1, -0.05) is 44.2 Å². The largest absolute Gasteiger partial charge is 0.391 e. The molecule has 0 radical (unpaired) electrons. The van der Waals surface area contributed by atoms with Crippen LogP contribution in [-0.2, 0) is 12.0 Å². The van der Waals surface area contributed by atoms with Crippen molar-refractivity contribution >= 4 is 16.5 Å². The molecule has 3 N–H and O–H groups in total. The highest BCUT2D eigenvalue weighted by Crippen LogP contribution is 2.34. The Bertz CT molecular complexity index is 597. The van der Waals surface area contributed by atoms with E-state index in [0.29, 0.717) is 5.13 Å². The Morgan fingerprint density at radius 1 is 1.32 bits per heavy atom. The van der Waals surface area contributed by atoms with Gasteiger partial charge in [0.2, 0.25) is 0 Å². The van der Waals surface area contributed by atoms with Crippen LogP contribution in [0.25, 0.3) is 11.3 Å². The SMILES string of the molecule is Cc1ccc(C(C)(C)C)cc1-c1nc(N)sc1CO. The van der Waals surface area contributed by atoms with E-state index in [9.17, 15) is 5.11 Å². The lowest BCUT2D eigenvalue weighted by Gasteiger charge is -2.20. The number of anilines is 1. The Hall–Kier alpha value is -1.39. The summed E-state index contributed by atoms with van der Waals surface area (Å²) in [6.07, 6.45) is 0. The molecule has 1 aromatic carbocycles. The van der Waals surface area contributed by atoms with Crippen LogP contribution in [0.2, 0.25) is 0 Å². The molecule has 1 aromatic heterocycles. The maximum absolute atomic E-state index is 9.43. The minimum Gasteiger partial charge on any atom is -0.391 e. The van der Waals surface area contributed by atoms with Crippen molar-refractivity contribution in [3.63, 3.8) is 0 Å². The highest BCUT2D eigenvalue weighted by atomic mass is 32.1. The number of aliphatic hydroxyl groups excluding tert-OH is 1. The van der Waals surface area contributed by atoms with E-state index in [1.165, 1.54) is 16.9 Å². The monoisotopic (exact) mass is 276 g/mol. The van der Waals surface area contributed by atoms with Gasteiger partial charge in [0.05, 0.1) is 17.2 Å². The maximum Gasteiger partial charge on any atom is 0.180 e. The zero-order valence-corrected chi connectivity index (χ0v) is 12.6. The van der Waals surface area contributed by atoms with E-state index in [1.54, 1.807) is 0 Å². The fraction of sp³-hybridized carbons (Fsp3) is 0.400. The summed E-state index contributed by atoms with van der Waals surface area (Å²) in [6.45, 7) is 8.58. The molecule has 0 aliphatic carbocycles. The summed E-state index contributed by atoms with van der Waals surface area (Å²) in [4.78, 5) is 5.20. The predicted octanol–water partition coefficient (Wildman–Crippen LogP) is 3.49. The van der Waals surface area contributed by atoms with Crippen molar-refractivity contribution in [2.75, 3.05) is 5.73 Å². The Labute approximate surface area is 118 Å². The number of nitrogens with zero attached hydrogens (tertiary/aromatic N) is 1. The fourth-order valence-electron chi connectivity index (χ4n) is 2.03. The molecule has 0 atom stereocenters. The third kappa shape index (κ3) is 2.80. The van der Waals surface area contributed by atoms with Crippen molar-refractivity contribution in [3.8, 4) is 11.3 Å². The van der Waals surface area contributed by atoms with Gasteiger partial charge in [-0.15, -0.1) is 0 Å². The number of aromatic nitrogens is 1.